The number of nitrogens with zero attached hydrogens (tertiary/aromatic N) is 5. The van der Waals surface area contributed by atoms with Crippen molar-refractivity contribution in [2.24, 2.45) is 4.74 Å². The third kappa shape index (κ3) is 6.63. The van der Waals surface area contributed by atoms with Crippen molar-refractivity contribution in [2.45, 2.75) is 70.3 Å². The van der Waals surface area contributed by atoms with E-state index in [1.54, 1.807) is 45.0 Å². The van der Waals surface area contributed by atoms with Crippen LogP contribution in [0.15, 0.2) is 47.5 Å². The van der Waals surface area contributed by atoms with E-state index in [1.807, 2.05) is 12.1 Å². The predicted molar refractivity (Wildman–Crippen MR) is 162 cm³/mol. The van der Waals surface area contributed by atoms with Gasteiger partial charge in [-0.2, -0.15) is 9.97 Å². The summed E-state index contributed by atoms with van der Waals surface area (Å²) in [7, 11) is -1.32. The maximum Gasteiger partial charge on any atom is 0.395 e. The average molecular weight is 643 g/mol. The summed E-state index contributed by atoms with van der Waals surface area (Å²) in [6, 6.07) is 9.56. The van der Waals surface area contributed by atoms with Gasteiger partial charge in [0, 0.05) is 5.39 Å². The fraction of sp³-hybridized carbons (Fsp3) is 0.448. The molecule has 0 bridgehead atoms. The van der Waals surface area contributed by atoms with Crippen LogP contribution in [0.25, 0.3) is 21.9 Å². The quantitative estimate of drug-likeness (QED) is 0.177. The zero-order chi connectivity index (χ0) is 32.7. The van der Waals surface area contributed by atoms with Crippen molar-refractivity contribution in [3.63, 3.8) is 0 Å². The molecule has 0 aliphatic carbocycles. The molecular weight excluding hydrogens is 607 g/mol. The molecule has 240 valence electrons. The zero-order valence-electron chi connectivity index (χ0n) is 25.6. The summed E-state index contributed by atoms with van der Waals surface area (Å²) in [6.07, 6.45) is -2.20. The summed E-state index contributed by atoms with van der Waals surface area (Å²) < 4.78 is 33.9. The largest absolute Gasteiger partial charge is 0.575 e. The molecule has 1 aliphatic rings. The fourth-order valence-electron chi connectivity index (χ4n) is 4.88. The van der Waals surface area contributed by atoms with Crippen LogP contribution < -0.4 is 24.6 Å². The number of carbonyl (C=O) groups excluding carboxylic acids is 1. The summed E-state index contributed by atoms with van der Waals surface area (Å²) in [5.41, 5.74) is 3.82. The Morgan fingerprint density at radius 1 is 1.27 bits per heavy atom. The van der Waals surface area contributed by atoms with Crippen LogP contribution in [-0.2, 0) is 14.3 Å². The molecule has 6 atom stereocenters. The molecule has 0 saturated carbocycles. The SMILES string of the molecule is COc1nc(N)nc2c1ncn2C1O[C@H](COc2ccc3ccccc3c2O[P+]([O-])=N[C@@H](C)C(=O)OC(C)(C)C)[C@@H](O)[C@@]1(C)O. The second kappa shape index (κ2) is 12.3. The number of ether oxygens (including phenoxy) is 4. The minimum atomic E-state index is -2.73. The molecule has 0 spiro atoms. The van der Waals surface area contributed by atoms with Crippen LogP contribution in [0.1, 0.15) is 40.8 Å². The van der Waals surface area contributed by atoms with Crippen molar-refractivity contribution < 1.29 is 43.4 Å². The Kier molecular flexibility index (Phi) is 8.84. The first-order chi connectivity index (χ1) is 21.2. The van der Waals surface area contributed by atoms with E-state index in [2.05, 4.69) is 19.7 Å². The lowest BCUT2D eigenvalue weighted by molar-refractivity contribution is -0.170. The molecule has 15 nitrogen and oxygen atoms in total. The number of hydrogen-bond donors (Lipinski definition) is 3. The van der Waals surface area contributed by atoms with Crippen LogP contribution in [0.5, 0.6) is 17.4 Å². The first-order valence-electron chi connectivity index (χ1n) is 14.0. The number of aromatic nitrogens is 4. The first kappa shape index (κ1) is 32.3. The van der Waals surface area contributed by atoms with Gasteiger partial charge < -0.3 is 39.8 Å². The van der Waals surface area contributed by atoms with Crippen molar-refractivity contribution in [3.05, 3.63) is 42.7 Å². The lowest BCUT2D eigenvalue weighted by Gasteiger charge is -2.27. The van der Waals surface area contributed by atoms with Gasteiger partial charge in [0.2, 0.25) is 17.6 Å². The van der Waals surface area contributed by atoms with Gasteiger partial charge in [-0.1, -0.05) is 35.1 Å². The molecular formula is C29H35N6O9P. The third-order valence-electron chi connectivity index (χ3n) is 7.04. The maximum absolute atomic E-state index is 13.0. The van der Waals surface area contributed by atoms with Gasteiger partial charge in [0.1, 0.15) is 30.0 Å². The average Bonchev–Trinajstić information content (AvgIpc) is 3.48. The molecule has 0 amide bonds. The molecule has 5 rings (SSSR count). The number of hydrogen-bond acceptors (Lipinski definition) is 14. The molecule has 1 saturated heterocycles. The van der Waals surface area contributed by atoms with Crippen LogP contribution in [0.4, 0.5) is 5.95 Å². The molecule has 2 unspecified atom stereocenters. The molecule has 4 aromatic rings. The van der Waals surface area contributed by atoms with E-state index in [9.17, 15) is 19.9 Å². The van der Waals surface area contributed by atoms with Crippen molar-refractivity contribution in [3.8, 4) is 17.4 Å². The third-order valence-corrected chi connectivity index (χ3v) is 7.91. The summed E-state index contributed by atoms with van der Waals surface area (Å²) in [5, 5.41) is 23.8. The topological polar surface area (TPSA) is 209 Å². The van der Waals surface area contributed by atoms with E-state index < -0.39 is 49.8 Å². The van der Waals surface area contributed by atoms with Gasteiger partial charge in [-0.3, -0.25) is 9.09 Å². The number of imidazole rings is 1. The lowest BCUT2D eigenvalue weighted by atomic mass is 9.96. The van der Waals surface area contributed by atoms with Crippen LogP contribution in [0.3, 0.4) is 0 Å². The van der Waals surface area contributed by atoms with Gasteiger partial charge in [0.15, 0.2) is 29.2 Å². The summed E-state index contributed by atoms with van der Waals surface area (Å²) >= 11 is 0. The number of nitrogens with two attached hydrogens (primary N) is 1. The number of anilines is 1. The number of aliphatic hydroxyl groups excluding tert-OH is 1. The number of fused-ring (bicyclic) bond motifs is 2. The Morgan fingerprint density at radius 2 is 2.00 bits per heavy atom. The van der Waals surface area contributed by atoms with E-state index in [-0.39, 0.29) is 35.6 Å². The van der Waals surface area contributed by atoms with Crippen molar-refractivity contribution in [2.75, 3.05) is 19.5 Å². The van der Waals surface area contributed by atoms with Crippen LogP contribution >= 0.6 is 8.17 Å². The Bertz CT molecular complexity index is 1760. The van der Waals surface area contributed by atoms with Crippen molar-refractivity contribution in [1.82, 2.24) is 19.5 Å². The highest BCUT2D eigenvalue weighted by Gasteiger charge is 2.54. The zero-order valence-corrected chi connectivity index (χ0v) is 26.5. The lowest BCUT2D eigenvalue weighted by Crippen LogP contribution is -2.44. The predicted octanol–water partition coefficient (Wildman–Crippen LogP) is 2.62. The minimum absolute atomic E-state index is 0.0754. The Balaban J connectivity index is 1.39. The molecule has 16 heteroatoms. The van der Waals surface area contributed by atoms with Gasteiger partial charge in [-0.15, -0.1) is 0 Å². The van der Waals surface area contributed by atoms with Crippen LogP contribution in [0.2, 0.25) is 0 Å². The first-order valence-corrected chi connectivity index (χ1v) is 15.2. The highest BCUT2D eigenvalue weighted by Crippen LogP contribution is 2.43. The normalized spacial score (nSPS) is 22.9. The van der Waals surface area contributed by atoms with Crippen LogP contribution in [-0.4, -0.2) is 78.9 Å². The second-order valence-corrected chi connectivity index (χ2v) is 12.6. The van der Waals surface area contributed by atoms with Crippen LogP contribution in [0, 0.1) is 0 Å². The highest BCUT2D eigenvalue weighted by molar-refractivity contribution is 7.34. The highest BCUT2D eigenvalue weighted by atomic mass is 31.1. The Morgan fingerprint density at radius 3 is 2.71 bits per heavy atom. The number of carbonyl (C=O) groups is 1. The van der Waals surface area contributed by atoms with Gasteiger partial charge in [-0.05, 0) is 46.1 Å². The molecule has 2 aromatic heterocycles. The summed E-state index contributed by atoms with van der Waals surface area (Å²) in [4.78, 5) is 37.9. The van der Waals surface area contributed by atoms with E-state index in [4.69, 9.17) is 29.2 Å². The Hall–Kier alpha value is -4.14. The molecule has 4 N–H and O–H groups in total. The summed E-state index contributed by atoms with van der Waals surface area (Å²) in [6.45, 7) is 7.81. The molecule has 3 heterocycles. The van der Waals surface area contributed by atoms with Gasteiger partial charge >= 0.3 is 14.1 Å². The maximum atomic E-state index is 13.0. The fourth-order valence-corrected chi connectivity index (χ4v) is 5.65. The standard InChI is InChI=1S/C29H35N6O9P/c1-15(25(37)43-28(2,3)4)34-45(39)44-21-17-10-8-7-9-16(17)11-12-18(21)41-13-19-22(36)29(5,38)26(42-19)35-14-31-20-23(35)32-27(30)33-24(20)40-6/h7-12,14-15,19,22,26,36,38H,13H2,1-6H3,(H2,30,32,33)/t15-,19+,22+,26?,29+/m0/s1. The molecule has 2 aromatic carbocycles. The number of aliphatic hydroxyl groups is 2. The Labute approximate surface area is 259 Å². The number of rotatable bonds is 9. The number of esters is 1. The summed E-state index contributed by atoms with van der Waals surface area (Å²) in [5.74, 6) is -0.284. The number of nitrogen functional groups attached to an aromatic ring is 1. The second-order valence-electron chi connectivity index (χ2n) is 11.7. The van der Waals surface area contributed by atoms with E-state index in [0.717, 1.165) is 5.39 Å². The van der Waals surface area contributed by atoms with E-state index >= 15 is 0 Å². The monoisotopic (exact) mass is 642 g/mol. The molecule has 45 heavy (non-hydrogen) atoms. The van der Waals surface area contributed by atoms with Gasteiger partial charge in [-0.25, -0.2) is 9.78 Å². The number of methoxy groups -OCH3 is 1. The minimum Gasteiger partial charge on any atom is -0.575 e. The van der Waals surface area contributed by atoms with Crippen molar-refractivity contribution in [1.29, 1.82) is 0 Å². The van der Waals surface area contributed by atoms with E-state index in [0.29, 0.717) is 10.9 Å². The van der Waals surface area contributed by atoms with Crippen molar-refractivity contribution >= 4 is 42.0 Å². The molecule has 0 radical (unpaired) electrons. The smallest absolute Gasteiger partial charge is 0.395 e. The van der Waals surface area contributed by atoms with E-state index in [1.165, 1.54) is 31.9 Å². The molecule has 1 fully saturated rings. The molecule has 1 aliphatic heterocycles. The number of benzene rings is 2. The van der Waals surface area contributed by atoms with Gasteiger partial charge in [0.25, 0.3) is 0 Å². The van der Waals surface area contributed by atoms with Gasteiger partial charge in [0.05, 0.1) is 13.4 Å².